The van der Waals surface area contributed by atoms with E-state index in [1.807, 2.05) is 56.3 Å². The molecule has 0 spiro atoms. The molecule has 0 aliphatic rings. The Hall–Kier alpha value is -2.82. The van der Waals surface area contributed by atoms with Crippen molar-refractivity contribution in [3.8, 4) is 22.7 Å². The first-order valence-electron chi connectivity index (χ1n) is 7.03. The van der Waals surface area contributed by atoms with E-state index in [1.165, 1.54) is 5.56 Å². The van der Waals surface area contributed by atoms with E-state index in [0.29, 0.717) is 11.5 Å². The van der Waals surface area contributed by atoms with Crippen molar-refractivity contribution in [2.24, 2.45) is 0 Å². The number of rotatable bonds is 3. The number of hydrogen-bond acceptors (Lipinski definition) is 4. The first-order chi connectivity index (χ1) is 10.6. The molecule has 5 heteroatoms. The van der Waals surface area contributed by atoms with Gasteiger partial charge in [-0.25, -0.2) is 0 Å². The Kier molecular flexibility index (Phi) is 3.55. The van der Waals surface area contributed by atoms with E-state index in [-0.39, 0.29) is 0 Å². The Labute approximate surface area is 129 Å². The molecule has 0 aliphatic heterocycles. The fraction of sp³-hybridized carbons (Fsp3) is 0.176. The fourth-order valence-electron chi connectivity index (χ4n) is 2.39. The molecule has 3 rings (SSSR count). The molecule has 1 aromatic heterocycles. The number of nitrogens with zero attached hydrogens (tertiary/aromatic N) is 3. The predicted molar refractivity (Wildman–Crippen MR) is 87.2 cm³/mol. The van der Waals surface area contributed by atoms with Crippen molar-refractivity contribution >= 4 is 5.82 Å². The molecular weight excluding hydrogens is 276 g/mol. The van der Waals surface area contributed by atoms with Crippen LogP contribution in [0.5, 0.6) is 5.75 Å². The van der Waals surface area contributed by atoms with Crippen molar-refractivity contribution in [2.75, 3.05) is 12.8 Å². The molecule has 1 heterocycles. The van der Waals surface area contributed by atoms with Gasteiger partial charge in [-0.15, -0.1) is 5.10 Å². The first-order valence-corrected chi connectivity index (χ1v) is 7.03. The van der Waals surface area contributed by atoms with Gasteiger partial charge in [0.25, 0.3) is 0 Å². The number of hydrogen-bond donors (Lipinski definition) is 1. The molecule has 3 aromatic rings. The zero-order chi connectivity index (χ0) is 15.7. The summed E-state index contributed by atoms with van der Waals surface area (Å²) in [5.74, 6) is 1.34. The third kappa shape index (κ3) is 2.41. The van der Waals surface area contributed by atoms with E-state index < -0.39 is 0 Å². The van der Waals surface area contributed by atoms with Crippen LogP contribution in [0.2, 0.25) is 0 Å². The summed E-state index contributed by atoms with van der Waals surface area (Å²) in [4.78, 5) is 0. The minimum absolute atomic E-state index is 0.525. The number of ether oxygens (including phenoxy) is 1. The molecule has 0 unspecified atom stereocenters. The van der Waals surface area contributed by atoms with Gasteiger partial charge in [0, 0.05) is 5.56 Å². The molecular formula is C17H18N4O. The van der Waals surface area contributed by atoms with Gasteiger partial charge in [0.2, 0.25) is 0 Å². The summed E-state index contributed by atoms with van der Waals surface area (Å²) >= 11 is 0. The Bertz CT molecular complexity index is 806. The van der Waals surface area contributed by atoms with Crippen LogP contribution in [0.15, 0.2) is 42.5 Å². The Morgan fingerprint density at radius 1 is 1.05 bits per heavy atom. The molecule has 2 N–H and O–H groups in total. The van der Waals surface area contributed by atoms with Gasteiger partial charge in [-0.3, -0.25) is 0 Å². The summed E-state index contributed by atoms with van der Waals surface area (Å²) in [6.07, 6.45) is 0. The number of benzene rings is 2. The van der Waals surface area contributed by atoms with Crippen molar-refractivity contribution in [1.82, 2.24) is 15.0 Å². The SMILES string of the molecule is COc1ccc(-c2nnn(-c3ccc(C)cc3)c2N)c(C)c1. The van der Waals surface area contributed by atoms with Gasteiger partial charge in [0.1, 0.15) is 11.4 Å². The minimum Gasteiger partial charge on any atom is -0.497 e. The van der Waals surface area contributed by atoms with E-state index in [4.69, 9.17) is 10.5 Å². The molecule has 5 nitrogen and oxygen atoms in total. The van der Waals surface area contributed by atoms with Gasteiger partial charge in [0.15, 0.2) is 5.82 Å². The van der Waals surface area contributed by atoms with E-state index in [1.54, 1.807) is 11.8 Å². The Morgan fingerprint density at radius 3 is 2.41 bits per heavy atom. The topological polar surface area (TPSA) is 66.0 Å². The lowest BCUT2D eigenvalue weighted by atomic mass is 10.1. The molecule has 0 fully saturated rings. The Morgan fingerprint density at radius 2 is 1.77 bits per heavy atom. The highest BCUT2D eigenvalue weighted by Gasteiger charge is 2.15. The van der Waals surface area contributed by atoms with Gasteiger partial charge < -0.3 is 10.5 Å². The summed E-state index contributed by atoms with van der Waals surface area (Å²) in [6.45, 7) is 4.04. The summed E-state index contributed by atoms with van der Waals surface area (Å²) < 4.78 is 6.88. The molecule has 0 bridgehead atoms. The normalized spacial score (nSPS) is 10.7. The van der Waals surface area contributed by atoms with E-state index >= 15 is 0 Å². The van der Waals surface area contributed by atoms with E-state index in [2.05, 4.69) is 10.3 Å². The second-order valence-corrected chi connectivity index (χ2v) is 5.25. The lowest BCUT2D eigenvalue weighted by molar-refractivity contribution is 0.414. The number of methoxy groups -OCH3 is 1. The number of anilines is 1. The van der Waals surface area contributed by atoms with Crippen molar-refractivity contribution in [1.29, 1.82) is 0 Å². The van der Waals surface area contributed by atoms with Gasteiger partial charge in [-0.05, 0) is 49.7 Å². The second-order valence-electron chi connectivity index (χ2n) is 5.25. The maximum atomic E-state index is 6.25. The van der Waals surface area contributed by atoms with E-state index in [0.717, 1.165) is 22.6 Å². The minimum atomic E-state index is 0.525. The molecule has 0 aliphatic carbocycles. The maximum absolute atomic E-state index is 6.25. The first kappa shape index (κ1) is 14.1. The maximum Gasteiger partial charge on any atom is 0.155 e. The summed E-state index contributed by atoms with van der Waals surface area (Å²) in [5, 5.41) is 8.43. The van der Waals surface area contributed by atoms with Crippen LogP contribution in [0.1, 0.15) is 11.1 Å². The largest absolute Gasteiger partial charge is 0.497 e. The molecule has 0 radical (unpaired) electrons. The number of nitrogen functional groups attached to an aromatic ring is 1. The van der Waals surface area contributed by atoms with Crippen LogP contribution in [0.4, 0.5) is 5.82 Å². The average Bonchev–Trinajstić information content (AvgIpc) is 2.89. The average molecular weight is 294 g/mol. The number of aryl methyl sites for hydroxylation is 2. The van der Waals surface area contributed by atoms with Crippen LogP contribution >= 0.6 is 0 Å². The number of aromatic nitrogens is 3. The summed E-state index contributed by atoms with van der Waals surface area (Å²) in [5.41, 5.74) is 11.0. The van der Waals surface area contributed by atoms with Crippen LogP contribution in [0.25, 0.3) is 16.9 Å². The second kappa shape index (κ2) is 5.52. The van der Waals surface area contributed by atoms with Crippen LogP contribution in [0, 0.1) is 13.8 Å². The summed E-state index contributed by atoms with van der Waals surface area (Å²) in [7, 11) is 1.65. The third-order valence-electron chi connectivity index (χ3n) is 3.67. The van der Waals surface area contributed by atoms with Crippen LogP contribution in [-0.2, 0) is 0 Å². The van der Waals surface area contributed by atoms with Crippen LogP contribution < -0.4 is 10.5 Å². The number of nitrogens with two attached hydrogens (primary N) is 1. The molecule has 22 heavy (non-hydrogen) atoms. The quantitative estimate of drug-likeness (QED) is 0.806. The molecule has 0 atom stereocenters. The van der Waals surface area contributed by atoms with Crippen molar-refractivity contribution in [3.05, 3.63) is 53.6 Å². The molecule has 0 saturated heterocycles. The molecule has 0 saturated carbocycles. The zero-order valence-electron chi connectivity index (χ0n) is 12.9. The highest BCUT2D eigenvalue weighted by atomic mass is 16.5. The third-order valence-corrected chi connectivity index (χ3v) is 3.67. The van der Waals surface area contributed by atoms with Crippen LogP contribution in [-0.4, -0.2) is 22.1 Å². The van der Waals surface area contributed by atoms with Crippen LogP contribution in [0.3, 0.4) is 0 Å². The predicted octanol–water partition coefficient (Wildman–Crippen LogP) is 3.14. The standard InChI is InChI=1S/C17H18N4O/c1-11-4-6-13(7-5-11)21-17(18)16(19-20-21)15-9-8-14(22-3)10-12(15)2/h4-10H,18H2,1-3H3. The highest BCUT2D eigenvalue weighted by Crippen LogP contribution is 2.30. The van der Waals surface area contributed by atoms with Gasteiger partial charge in [0.05, 0.1) is 12.8 Å². The van der Waals surface area contributed by atoms with Gasteiger partial charge in [-0.2, -0.15) is 4.68 Å². The van der Waals surface area contributed by atoms with E-state index in [9.17, 15) is 0 Å². The highest BCUT2D eigenvalue weighted by molar-refractivity contribution is 5.74. The molecule has 112 valence electrons. The van der Waals surface area contributed by atoms with Crippen molar-refractivity contribution in [2.45, 2.75) is 13.8 Å². The molecule has 2 aromatic carbocycles. The lowest BCUT2D eigenvalue weighted by Crippen LogP contribution is -2.02. The smallest absolute Gasteiger partial charge is 0.155 e. The fourth-order valence-corrected chi connectivity index (χ4v) is 2.39. The molecule has 0 amide bonds. The van der Waals surface area contributed by atoms with Crippen molar-refractivity contribution < 1.29 is 4.74 Å². The summed E-state index contributed by atoms with van der Waals surface area (Å²) in [6, 6.07) is 13.8. The Balaban J connectivity index is 2.05. The van der Waals surface area contributed by atoms with Crippen molar-refractivity contribution in [3.63, 3.8) is 0 Å². The monoisotopic (exact) mass is 294 g/mol. The lowest BCUT2D eigenvalue weighted by Gasteiger charge is -2.07. The van der Waals surface area contributed by atoms with Gasteiger partial charge in [-0.1, -0.05) is 22.9 Å². The zero-order valence-corrected chi connectivity index (χ0v) is 12.9. The van der Waals surface area contributed by atoms with Gasteiger partial charge >= 0.3 is 0 Å².